The second-order valence-electron chi connectivity index (χ2n) is 5.85. The van der Waals surface area contributed by atoms with Crippen molar-refractivity contribution in [2.45, 2.75) is 0 Å². The minimum absolute atomic E-state index is 0.239. The number of imidazole rings is 1. The first-order valence-electron chi connectivity index (χ1n) is 8.19. The average molecular weight is 386 g/mol. The van der Waals surface area contributed by atoms with Crippen LogP contribution in [-0.4, -0.2) is 35.8 Å². The summed E-state index contributed by atoms with van der Waals surface area (Å²) >= 11 is 6.06. The van der Waals surface area contributed by atoms with Crippen LogP contribution in [0.5, 0.6) is 17.2 Å². The first-order chi connectivity index (χ1) is 13.1. The molecule has 0 unspecified atom stereocenters. The summed E-state index contributed by atoms with van der Waals surface area (Å²) in [5.74, 6) is 1.86. The Morgan fingerprint density at radius 1 is 1.22 bits per heavy atom. The summed E-state index contributed by atoms with van der Waals surface area (Å²) in [6, 6.07) is 8.64. The summed E-state index contributed by atoms with van der Waals surface area (Å²) in [6.07, 6.45) is 3.43. The fourth-order valence-corrected chi connectivity index (χ4v) is 3.19. The predicted molar refractivity (Wildman–Crippen MR) is 100 cm³/mol. The van der Waals surface area contributed by atoms with Gasteiger partial charge in [-0.2, -0.15) is 0 Å². The molecule has 0 fully saturated rings. The topological polar surface area (TPSA) is 88.6 Å². The van der Waals surface area contributed by atoms with Crippen LogP contribution in [0.1, 0.15) is 10.4 Å². The highest BCUT2D eigenvalue weighted by Gasteiger charge is 2.21. The van der Waals surface area contributed by atoms with E-state index in [1.165, 1.54) is 0 Å². The first kappa shape index (κ1) is 17.2. The third kappa shape index (κ3) is 3.06. The largest absolute Gasteiger partial charge is 0.496 e. The molecule has 4 rings (SSSR count). The fraction of sp³-hybridized carbons (Fsp3) is 0.158. The monoisotopic (exact) mass is 385 g/mol. The molecule has 1 amide bonds. The van der Waals surface area contributed by atoms with Gasteiger partial charge in [0.1, 0.15) is 24.8 Å². The van der Waals surface area contributed by atoms with Gasteiger partial charge < -0.3 is 19.9 Å². The van der Waals surface area contributed by atoms with E-state index in [9.17, 15) is 4.79 Å². The van der Waals surface area contributed by atoms with Crippen molar-refractivity contribution in [3.8, 4) is 34.3 Å². The van der Waals surface area contributed by atoms with E-state index in [1.54, 1.807) is 43.8 Å². The Balaban J connectivity index is 1.86. The Hall–Kier alpha value is -3.19. The molecule has 1 aliphatic rings. The lowest BCUT2D eigenvalue weighted by Crippen LogP contribution is -2.15. The number of ether oxygens (including phenoxy) is 3. The van der Waals surface area contributed by atoms with Crippen LogP contribution in [0, 0.1) is 0 Å². The van der Waals surface area contributed by atoms with E-state index in [0.29, 0.717) is 47.0 Å². The molecular weight excluding hydrogens is 370 g/mol. The summed E-state index contributed by atoms with van der Waals surface area (Å²) in [5, 5.41) is 0.296. The SMILES string of the molecule is COc1cc2c(cc1-c1nccn1-c1ccc(Cl)c(C(N)=O)c1)OCCO2. The van der Waals surface area contributed by atoms with Crippen LogP contribution in [0.15, 0.2) is 42.7 Å². The maximum atomic E-state index is 11.6. The minimum Gasteiger partial charge on any atom is -0.496 e. The van der Waals surface area contributed by atoms with Crippen molar-refractivity contribution >= 4 is 17.5 Å². The smallest absolute Gasteiger partial charge is 0.250 e. The van der Waals surface area contributed by atoms with Gasteiger partial charge in [0.2, 0.25) is 5.91 Å². The number of nitrogens with two attached hydrogens (primary N) is 1. The highest BCUT2D eigenvalue weighted by Crippen LogP contribution is 2.41. The number of halogens is 1. The normalized spacial score (nSPS) is 12.7. The summed E-state index contributed by atoms with van der Waals surface area (Å²) in [6.45, 7) is 0.969. The lowest BCUT2D eigenvalue weighted by atomic mass is 10.1. The van der Waals surface area contributed by atoms with Crippen LogP contribution in [0.4, 0.5) is 0 Å². The molecule has 0 radical (unpaired) electrons. The summed E-state index contributed by atoms with van der Waals surface area (Å²) in [7, 11) is 1.58. The number of amides is 1. The highest BCUT2D eigenvalue weighted by molar-refractivity contribution is 6.33. The van der Waals surface area contributed by atoms with Crippen LogP contribution in [-0.2, 0) is 0 Å². The number of methoxy groups -OCH3 is 1. The number of aromatic nitrogens is 2. The Morgan fingerprint density at radius 3 is 2.67 bits per heavy atom. The van der Waals surface area contributed by atoms with Gasteiger partial charge in [-0.3, -0.25) is 9.36 Å². The van der Waals surface area contributed by atoms with Gasteiger partial charge in [0.25, 0.3) is 0 Å². The van der Waals surface area contributed by atoms with E-state index < -0.39 is 5.91 Å². The third-order valence-electron chi connectivity index (χ3n) is 4.24. The average Bonchev–Trinajstić information content (AvgIpc) is 3.16. The summed E-state index contributed by atoms with van der Waals surface area (Å²) in [4.78, 5) is 16.1. The molecule has 7 nitrogen and oxygen atoms in total. The number of carbonyl (C=O) groups excluding carboxylic acids is 1. The molecule has 27 heavy (non-hydrogen) atoms. The molecular formula is C19H16ClN3O4. The molecule has 0 saturated carbocycles. The van der Waals surface area contributed by atoms with Gasteiger partial charge in [0, 0.05) is 24.1 Å². The molecule has 0 bridgehead atoms. The van der Waals surface area contributed by atoms with Gasteiger partial charge in [-0.05, 0) is 24.3 Å². The Labute approximate surface area is 160 Å². The quantitative estimate of drug-likeness (QED) is 0.745. The molecule has 0 aliphatic carbocycles. The molecule has 1 aromatic heterocycles. The van der Waals surface area contributed by atoms with Gasteiger partial charge in [-0.25, -0.2) is 4.98 Å². The number of carbonyl (C=O) groups is 1. The lowest BCUT2D eigenvalue weighted by molar-refractivity contribution is 0.100. The zero-order chi connectivity index (χ0) is 19.0. The van der Waals surface area contributed by atoms with Crippen LogP contribution >= 0.6 is 11.6 Å². The molecule has 0 spiro atoms. The Kier molecular flexibility index (Phi) is 4.37. The zero-order valence-electron chi connectivity index (χ0n) is 14.4. The van der Waals surface area contributed by atoms with E-state index in [4.69, 9.17) is 31.5 Å². The highest BCUT2D eigenvalue weighted by atomic mass is 35.5. The number of hydrogen-bond donors (Lipinski definition) is 1. The first-order valence-corrected chi connectivity index (χ1v) is 8.57. The summed E-state index contributed by atoms with van der Waals surface area (Å²) in [5.41, 5.74) is 7.06. The van der Waals surface area contributed by atoms with Gasteiger partial charge in [-0.1, -0.05) is 11.6 Å². The lowest BCUT2D eigenvalue weighted by Gasteiger charge is -2.21. The molecule has 8 heteroatoms. The molecule has 1 aliphatic heterocycles. The maximum Gasteiger partial charge on any atom is 0.250 e. The second-order valence-corrected chi connectivity index (χ2v) is 6.25. The van der Waals surface area contributed by atoms with E-state index >= 15 is 0 Å². The minimum atomic E-state index is -0.597. The number of primary amides is 1. The molecule has 138 valence electrons. The van der Waals surface area contributed by atoms with Crippen molar-refractivity contribution < 1.29 is 19.0 Å². The van der Waals surface area contributed by atoms with Gasteiger partial charge in [0.15, 0.2) is 11.5 Å². The van der Waals surface area contributed by atoms with E-state index in [2.05, 4.69) is 4.98 Å². The van der Waals surface area contributed by atoms with Crippen molar-refractivity contribution in [1.29, 1.82) is 0 Å². The molecule has 0 atom stereocenters. The van der Waals surface area contributed by atoms with E-state index in [1.807, 2.05) is 10.6 Å². The number of benzene rings is 2. The van der Waals surface area contributed by atoms with E-state index in [0.717, 1.165) is 5.56 Å². The zero-order valence-corrected chi connectivity index (χ0v) is 15.2. The summed E-state index contributed by atoms with van der Waals surface area (Å²) < 4.78 is 18.6. The number of nitrogens with zero attached hydrogens (tertiary/aromatic N) is 2. The van der Waals surface area contributed by atoms with Gasteiger partial charge in [0.05, 0.1) is 23.3 Å². The number of rotatable bonds is 4. The van der Waals surface area contributed by atoms with Crippen molar-refractivity contribution in [2.24, 2.45) is 5.73 Å². The van der Waals surface area contributed by atoms with Crippen LogP contribution in [0.3, 0.4) is 0 Å². The second kappa shape index (κ2) is 6.85. The number of fused-ring (bicyclic) bond motifs is 1. The third-order valence-corrected chi connectivity index (χ3v) is 4.57. The molecule has 3 aromatic rings. The molecule has 2 aromatic carbocycles. The van der Waals surface area contributed by atoms with Crippen molar-refractivity contribution in [3.63, 3.8) is 0 Å². The van der Waals surface area contributed by atoms with Gasteiger partial charge in [-0.15, -0.1) is 0 Å². The molecule has 2 heterocycles. The van der Waals surface area contributed by atoms with Crippen LogP contribution < -0.4 is 19.9 Å². The van der Waals surface area contributed by atoms with Crippen molar-refractivity contribution in [3.05, 3.63) is 53.3 Å². The maximum absolute atomic E-state index is 11.6. The Bertz CT molecular complexity index is 1030. The standard InChI is InChI=1S/C19H16ClN3O4/c1-25-15-10-17-16(26-6-7-27-17)9-13(15)19-22-4-5-23(19)11-2-3-14(20)12(8-11)18(21)24/h2-5,8-10H,6-7H2,1H3,(H2,21,24). The number of hydrogen-bond acceptors (Lipinski definition) is 5. The van der Waals surface area contributed by atoms with Crippen molar-refractivity contribution in [2.75, 3.05) is 20.3 Å². The van der Waals surface area contributed by atoms with Crippen LogP contribution in [0.25, 0.3) is 17.1 Å². The van der Waals surface area contributed by atoms with Crippen molar-refractivity contribution in [1.82, 2.24) is 9.55 Å². The Morgan fingerprint density at radius 2 is 1.96 bits per heavy atom. The predicted octanol–water partition coefficient (Wildman–Crippen LogP) is 3.07. The van der Waals surface area contributed by atoms with Crippen LogP contribution in [0.2, 0.25) is 5.02 Å². The fourth-order valence-electron chi connectivity index (χ4n) is 2.98. The molecule has 0 saturated heterocycles. The van der Waals surface area contributed by atoms with E-state index in [-0.39, 0.29) is 5.56 Å². The van der Waals surface area contributed by atoms with Gasteiger partial charge >= 0.3 is 0 Å². The molecule has 2 N–H and O–H groups in total.